The van der Waals surface area contributed by atoms with Crippen LogP contribution in [-0.2, 0) is 0 Å². The van der Waals surface area contributed by atoms with Crippen LogP contribution in [0.1, 0.15) is 16.8 Å². The molecule has 2 aromatic carbocycles. The standard InChI is InChI=1S/C18H19F2NO4/c1-23-15-9-8-13(12-16(15)25-18(19)20)17(22)21-10-5-11-24-14-6-3-2-4-7-14/h2-4,6-9,12,18H,5,10-11H2,1H3,(H,21,22). The van der Waals surface area contributed by atoms with Gasteiger partial charge in [0.15, 0.2) is 11.5 Å². The molecule has 0 heterocycles. The summed E-state index contributed by atoms with van der Waals surface area (Å²) in [6, 6.07) is 13.5. The fourth-order valence-electron chi connectivity index (χ4n) is 2.09. The Labute approximate surface area is 144 Å². The molecule has 2 rings (SSSR count). The van der Waals surface area contributed by atoms with E-state index in [9.17, 15) is 13.6 Å². The molecule has 134 valence electrons. The first-order chi connectivity index (χ1) is 12.1. The van der Waals surface area contributed by atoms with Crippen molar-refractivity contribution in [3.63, 3.8) is 0 Å². The van der Waals surface area contributed by atoms with E-state index in [-0.39, 0.29) is 23.0 Å². The molecular formula is C18H19F2NO4. The number of rotatable bonds is 9. The summed E-state index contributed by atoms with van der Waals surface area (Å²) >= 11 is 0. The molecule has 5 nitrogen and oxygen atoms in total. The number of carbonyl (C=O) groups excluding carboxylic acids is 1. The lowest BCUT2D eigenvalue weighted by Crippen LogP contribution is -2.25. The number of benzene rings is 2. The average Bonchev–Trinajstić information content (AvgIpc) is 2.61. The summed E-state index contributed by atoms with van der Waals surface area (Å²) in [7, 11) is 1.33. The third-order valence-electron chi connectivity index (χ3n) is 3.26. The van der Waals surface area contributed by atoms with Gasteiger partial charge in [0.1, 0.15) is 5.75 Å². The Kier molecular flexibility index (Phi) is 7.00. The van der Waals surface area contributed by atoms with Gasteiger partial charge >= 0.3 is 6.61 Å². The van der Waals surface area contributed by atoms with Crippen molar-refractivity contribution >= 4 is 5.91 Å². The summed E-state index contributed by atoms with van der Waals surface area (Å²) < 4.78 is 39.6. The zero-order valence-electron chi connectivity index (χ0n) is 13.7. The maximum absolute atomic E-state index is 12.4. The van der Waals surface area contributed by atoms with Crippen LogP contribution < -0.4 is 19.5 Å². The number of amides is 1. The highest BCUT2D eigenvalue weighted by atomic mass is 19.3. The van der Waals surface area contributed by atoms with Gasteiger partial charge in [0.05, 0.1) is 13.7 Å². The Hall–Kier alpha value is -2.83. The van der Waals surface area contributed by atoms with Crippen molar-refractivity contribution in [2.24, 2.45) is 0 Å². The minimum Gasteiger partial charge on any atom is -0.494 e. The summed E-state index contributed by atoms with van der Waals surface area (Å²) in [5.74, 6) is 0.324. The SMILES string of the molecule is COc1ccc(C(=O)NCCCOc2ccccc2)cc1OC(F)F. The first-order valence-electron chi connectivity index (χ1n) is 7.69. The molecule has 0 radical (unpaired) electrons. The lowest BCUT2D eigenvalue weighted by Gasteiger charge is -2.12. The predicted octanol–water partition coefficient (Wildman–Crippen LogP) is 3.50. The van der Waals surface area contributed by atoms with Crippen LogP contribution in [0.2, 0.25) is 0 Å². The van der Waals surface area contributed by atoms with E-state index in [4.69, 9.17) is 9.47 Å². The fourth-order valence-corrected chi connectivity index (χ4v) is 2.09. The molecule has 0 bridgehead atoms. The second kappa shape index (κ2) is 9.46. The zero-order valence-corrected chi connectivity index (χ0v) is 13.7. The number of ether oxygens (including phenoxy) is 3. The van der Waals surface area contributed by atoms with Gasteiger partial charge in [-0.3, -0.25) is 4.79 Å². The van der Waals surface area contributed by atoms with E-state index in [1.165, 1.54) is 25.3 Å². The number of hydrogen-bond donors (Lipinski definition) is 1. The van der Waals surface area contributed by atoms with E-state index >= 15 is 0 Å². The summed E-state index contributed by atoms with van der Waals surface area (Å²) in [4.78, 5) is 12.1. The molecule has 0 aromatic heterocycles. The number of halogens is 2. The summed E-state index contributed by atoms with van der Waals surface area (Å²) in [6.45, 7) is -2.16. The summed E-state index contributed by atoms with van der Waals surface area (Å²) in [5, 5.41) is 2.70. The van der Waals surface area contributed by atoms with E-state index in [0.29, 0.717) is 19.6 Å². The van der Waals surface area contributed by atoms with Crippen LogP contribution in [0.5, 0.6) is 17.2 Å². The quantitative estimate of drug-likeness (QED) is 0.703. The topological polar surface area (TPSA) is 56.8 Å². The molecule has 1 N–H and O–H groups in total. The molecule has 0 atom stereocenters. The van der Waals surface area contributed by atoms with Gasteiger partial charge in [-0.05, 0) is 36.8 Å². The zero-order chi connectivity index (χ0) is 18.1. The van der Waals surface area contributed by atoms with Gasteiger partial charge in [-0.2, -0.15) is 8.78 Å². The maximum atomic E-state index is 12.4. The van der Waals surface area contributed by atoms with E-state index in [1.54, 1.807) is 0 Å². The molecule has 2 aromatic rings. The minimum atomic E-state index is -3.00. The first kappa shape index (κ1) is 18.5. The molecule has 1 amide bonds. The number of alkyl halides is 2. The Morgan fingerprint density at radius 1 is 1.12 bits per heavy atom. The van der Waals surface area contributed by atoms with Crippen molar-refractivity contribution in [1.29, 1.82) is 0 Å². The highest BCUT2D eigenvalue weighted by Gasteiger charge is 2.14. The highest BCUT2D eigenvalue weighted by molar-refractivity contribution is 5.94. The highest BCUT2D eigenvalue weighted by Crippen LogP contribution is 2.29. The Bertz CT molecular complexity index is 680. The summed E-state index contributed by atoms with van der Waals surface area (Å²) in [6.07, 6.45) is 0.608. The molecule has 0 aliphatic rings. The number of hydrogen-bond acceptors (Lipinski definition) is 4. The van der Waals surface area contributed by atoms with Gasteiger partial charge in [0.25, 0.3) is 5.91 Å². The monoisotopic (exact) mass is 351 g/mol. The molecule has 0 aliphatic carbocycles. The van der Waals surface area contributed by atoms with Crippen LogP contribution in [0.4, 0.5) is 8.78 Å². The Balaban J connectivity index is 1.82. The molecule has 25 heavy (non-hydrogen) atoms. The fraction of sp³-hybridized carbons (Fsp3) is 0.278. The molecule has 7 heteroatoms. The number of para-hydroxylation sites is 1. The average molecular weight is 351 g/mol. The number of carbonyl (C=O) groups is 1. The van der Waals surface area contributed by atoms with Gasteiger partial charge in [-0.25, -0.2) is 0 Å². The largest absolute Gasteiger partial charge is 0.494 e. The molecule has 0 unspecified atom stereocenters. The molecule has 0 saturated heterocycles. The lowest BCUT2D eigenvalue weighted by atomic mass is 10.2. The smallest absolute Gasteiger partial charge is 0.387 e. The van der Waals surface area contributed by atoms with Crippen LogP contribution in [0, 0.1) is 0 Å². The van der Waals surface area contributed by atoms with Crippen molar-refractivity contribution in [3.8, 4) is 17.2 Å². The van der Waals surface area contributed by atoms with Crippen molar-refractivity contribution in [2.45, 2.75) is 13.0 Å². The third-order valence-corrected chi connectivity index (χ3v) is 3.26. The van der Waals surface area contributed by atoms with Gasteiger partial charge in [0.2, 0.25) is 0 Å². The molecule has 0 fully saturated rings. The normalized spacial score (nSPS) is 10.4. The van der Waals surface area contributed by atoms with Crippen LogP contribution in [0.25, 0.3) is 0 Å². The van der Waals surface area contributed by atoms with Crippen LogP contribution in [-0.4, -0.2) is 32.8 Å². The van der Waals surface area contributed by atoms with Crippen molar-refractivity contribution in [2.75, 3.05) is 20.3 Å². The molecule has 0 aliphatic heterocycles. The Morgan fingerprint density at radius 3 is 2.56 bits per heavy atom. The predicted molar refractivity (Wildman–Crippen MR) is 88.5 cm³/mol. The van der Waals surface area contributed by atoms with E-state index in [1.807, 2.05) is 30.3 Å². The van der Waals surface area contributed by atoms with E-state index < -0.39 is 6.61 Å². The lowest BCUT2D eigenvalue weighted by molar-refractivity contribution is -0.0512. The van der Waals surface area contributed by atoms with E-state index in [0.717, 1.165) is 5.75 Å². The molecule has 0 spiro atoms. The number of nitrogens with one attached hydrogen (secondary N) is 1. The molecular weight excluding hydrogens is 332 g/mol. The third kappa shape index (κ3) is 5.95. The van der Waals surface area contributed by atoms with Crippen LogP contribution in [0.15, 0.2) is 48.5 Å². The minimum absolute atomic E-state index is 0.133. The van der Waals surface area contributed by atoms with Gasteiger partial charge < -0.3 is 19.5 Å². The van der Waals surface area contributed by atoms with Crippen molar-refractivity contribution < 1.29 is 27.8 Å². The first-order valence-corrected chi connectivity index (χ1v) is 7.69. The van der Waals surface area contributed by atoms with Crippen molar-refractivity contribution in [1.82, 2.24) is 5.32 Å². The molecule has 0 saturated carbocycles. The van der Waals surface area contributed by atoms with Gasteiger partial charge in [0, 0.05) is 12.1 Å². The van der Waals surface area contributed by atoms with Gasteiger partial charge in [-0.1, -0.05) is 18.2 Å². The second-order valence-corrected chi connectivity index (χ2v) is 5.02. The van der Waals surface area contributed by atoms with E-state index in [2.05, 4.69) is 10.1 Å². The number of methoxy groups -OCH3 is 1. The van der Waals surface area contributed by atoms with Crippen LogP contribution >= 0.6 is 0 Å². The van der Waals surface area contributed by atoms with Crippen LogP contribution in [0.3, 0.4) is 0 Å². The van der Waals surface area contributed by atoms with Crippen molar-refractivity contribution in [3.05, 3.63) is 54.1 Å². The second-order valence-electron chi connectivity index (χ2n) is 5.02. The van der Waals surface area contributed by atoms with Gasteiger partial charge in [-0.15, -0.1) is 0 Å². The maximum Gasteiger partial charge on any atom is 0.387 e. The summed E-state index contributed by atoms with van der Waals surface area (Å²) in [5.41, 5.74) is 0.209. The Morgan fingerprint density at radius 2 is 1.88 bits per heavy atom.